The molecule has 1 unspecified atom stereocenters. The molecule has 0 aliphatic carbocycles. The third-order valence-corrected chi connectivity index (χ3v) is 3.21. The predicted molar refractivity (Wildman–Crippen MR) is 87.6 cm³/mol. The van der Waals surface area contributed by atoms with Gasteiger partial charge in [0.15, 0.2) is 0 Å². The van der Waals surface area contributed by atoms with Gasteiger partial charge in [-0.25, -0.2) is 4.79 Å². The first-order valence-corrected chi connectivity index (χ1v) is 7.34. The van der Waals surface area contributed by atoms with E-state index in [1.165, 1.54) is 4.90 Å². The van der Waals surface area contributed by atoms with Gasteiger partial charge in [0.25, 0.3) is 0 Å². The van der Waals surface area contributed by atoms with E-state index in [1.54, 1.807) is 14.1 Å². The number of urea groups is 1. The minimum Gasteiger partial charge on any atom is -0.348 e. The van der Waals surface area contributed by atoms with Crippen LogP contribution >= 0.6 is 0 Å². The number of benzene rings is 1. The highest BCUT2D eigenvalue weighted by Crippen LogP contribution is 2.16. The summed E-state index contributed by atoms with van der Waals surface area (Å²) in [6, 6.07) is 9.52. The molecule has 122 valence electrons. The molecule has 0 saturated heterocycles. The van der Waals surface area contributed by atoms with Gasteiger partial charge in [-0.15, -0.1) is 0 Å². The summed E-state index contributed by atoms with van der Waals surface area (Å²) in [5, 5.41) is 5.55. The topological polar surface area (TPSA) is 64.7 Å². The second kappa shape index (κ2) is 9.04. The summed E-state index contributed by atoms with van der Waals surface area (Å²) in [6.45, 7) is 0.839. The Kier molecular flexibility index (Phi) is 7.39. The van der Waals surface area contributed by atoms with Crippen LogP contribution in [0.25, 0.3) is 0 Å². The van der Waals surface area contributed by atoms with E-state index in [4.69, 9.17) is 0 Å². The molecule has 1 aromatic carbocycles. The zero-order valence-electron chi connectivity index (χ0n) is 13.8. The fraction of sp³-hybridized carbons (Fsp3) is 0.500. The molecule has 0 bridgehead atoms. The third-order valence-electron chi connectivity index (χ3n) is 3.21. The average Bonchev–Trinajstić information content (AvgIpc) is 2.49. The molecule has 0 spiro atoms. The van der Waals surface area contributed by atoms with Gasteiger partial charge in [0, 0.05) is 14.1 Å². The van der Waals surface area contributed by atoms with Crippen LogP contribution in [0.15, 0.2) is 30.3 Å². The number of amides is 3. The first-order valence-electron chi connectivity index (χ1n) is 7.34. The molecule has 0 aliphatic heterocycles. The summed E-state index contributed by atoms with van der Waals surface area (Å²) in [5.74, 6) is -0.192. The van der Waals surface area contributed by atoms with E-state index in [1.807, 2.05) is 44.4 Å². The summed E-state index contributed by atoms with van der Waals surface area (Å²) >= 11 is 0. The maximum Gasteiger partial charge on any atom is 0.317 e. The minimum absolute atomic E-state index is 0.0255. The highest BCUT2D eigenvalue weighted by Gasteiger charge is 2.15. The van der Waals surface area contributed by atoms with Crippen LogP contribution in [0, 0.1) is 0 Å². The van der Waals surface area contributed by atoms with E-state index in [0.29, 0.717) is 0 Å². The molecular formula is C16H26N4O2. The van der Waals surface area contributed by atoms with Crippen LogP contribution in [-0.2, 0) is 4.79 Å². The first kappa shape index (κ1) is 18.0. The highest BCUT2D eigenvalue weighted by atomic mass is 16.2. The fourth-order valence-corrected chi connectivity index (χ4v) is 1.95. The largest absolute Gasteiger partial charge is 0.348 e. The molecule has 0 fully saturated rings. The molecule has 3 amide bonds. The standard InChI is InChI=1S/C16H26N4O2/c1-19(2)11-10-14(13-8-6-5-7-9-13)18-15(21)12-17-16(22)20(3)4/h5-9,14H,10-12H2,1-4H3,(H,17,22)(H,18,21). The lowest BCUT2D eigenvalue weighted by Gasteiger charge is -2.21. The van der Waals surface area contributed by atoms with Crippen LogP contribution in [-0.4, -0.2) is 63.0 Å². The number of nitrogens with one attached hydrogen (secondary N) is 2. The van der Waals surface area contributed by atoms with Gasteiger partial charge in [-0.3, -0.25) is 4.79 Å². The van der Waals surface area contributed by atoms with Crippen molar-refractivity contribution in [3.63, 3.8) is 0 Å². The van der Waals surface area contributed by atoms with Gasteiger partial charge < -0.3 is 20.4 Å². The molecule has 0 radical (unpaired) electrons. The van der Waals surface area contributed by atoms with Gasteiger partial charge >= 0.3 is 6.03 Å². The molecule has 0 aliphatic rings. The zero-order valence-corrected chi connectivity index (χ0v) is 13.8. The van der Waals surface area contributed by atoms with Crippen LogP contribution in [0.1, 0.15) is 18.0 Å². The van der Waals surface area contributed by atoms with E-state index in [2.05, 4.69) is 15.5 Å². The van der Waals surface area contributed by atoms with Crippen molar-refractivity contribution in [3.8, 4) is 0 Å². The van der Waals surface area contributed by atoms with Crippen molar-refractivity contribution < 1.29 is 9.59 Å². The Morgan fingerprint density at radius 1 is 1.09 bits per heavy atom. The molecule has 1 rings (SSSR count). The first-order chi connectivity index (χ1) is 10.4. The predicted octanol–water partition coefficient (Wildman–Crippen LogP) is 1.07. The van der Waals surface area contributed by atoms with E-state index < -0.39 is 0 Å². The molecular weight excluding hydrogens is 280 g/mol. The van der Waals surface area contributed by atoms with Crippen LogP contribution in [0.3, 0.4) is 0 Å². The molecule has 0 saturated carbocycles. The molecule has 6 heteroatoms. The van der Waals surface area contributed by atoms with Crippen molar-refractivity contribution in [3.05, 3.63) is 35.9 Å². The Labute approximate surface area is 132 Å². The summed E-state index contributed by atoms with van der Waals surface area (Å²) in [5.41, 5.74) is 1.07. The van der Waals surface area contributed by atoms with Crippen molar-refractivity contribution in [1.29, 1.82) is 0 Å². The van der Waals surface area contributed by atoms with Gasteiger partial charge in [-0.1, -0.05) is 30.3 Å². The third kappa shape index (κ3) is 6.58. The molecule has 1 aromatic rings. The second-order valence-corrected chi connectivity index (χ2v) is 5.68. The number of nitrogens with zero attached hydrogens (tertiary/aromatic N) is 2. The quantitative estimate of drug-likeness (QED) is 0.792. The second-order valence-electron chi connectivity index (χ2n) is 5.68. The SMILES string of the molecule is CN(C)CCC(NC(=O)CNC(=O)N(C)C)c1ccccc1. The van der Waals surface area contributed by atoms with Crippen molar-refractivity contribution in [1.82, 2.24) is 20.4 Å². The minimum atomic E-state index is -0.278. The van der Waals surface area contributed by atoms with Gasteiger partial charge in [0.2, 0.25) is 5.91 Å². The summed E-state index contributed by atoms with van der Waals surface area (Å²) < 4.78 is 0. The molecule has 22 heavy (non-hydrogen) atoms. The van der Waals surface area contributed by atoms with Gasteiger partial charge in [0.1, 0.15) is 0 Å². The maximum atomic E-state index is 12.0. The van der Waals surface area contributed by atoms with Crippen LogP contribution < -0.4 is 10.6 Å². The molecule has 2 N–H and O–H groups in total. The van der Waals surface area contributed by atoms with Crippen molar-refractivity contribution >= 4 is 11.9 Å². The van der Waals surface area contributed by atoms with Crippen LogP contribution in [0.4, 0.5) is 4.79 Å². The Bertz CT molecular complexity index is 474. The van der Waals surface area contributed by atoms with Crippen molar-refractivity contribution in [2.24, 2.45) is 0 Å². The molecule has 0 heterocycles. The Hall–Kier alpha value is -2.08. The smallest absolute Gasteiger partial charge is 0.317 e. The zero-order chi connectivity index (χ0) is 16.5. The number of carbonyl (C=O) groups is 2. The summed E-state index contributed by atoms with van der Waals surface area (Å²) in [7, 11) is 7.27. The fourth-order valence-electron chi connectivity index (χ4n) is 1.95. The normalized spacial score (nSPS) is 11.9. The summed E-state index contributed by atoms with van der Waals surface area (Å²) in [4.78, 5) is 27.0. The number of hydrogen-bond acceptors (Lipinski definition) is 3. The van der Waals surface area contributed by atoms with Crippen molar-refractivity contribution in [2.75, 3.05) is 41.3 Å². The van der Waals surface area contributed by atoms with Crippen LogP contribution in [0.5, 0.6) is 0 Å². The van der Waals surface area contributed by atoms with Gasteiger partial charge in [0.05, 0.1) is 12.6 Å². The van der Waals surface area contributed by atoms with E-state index >= 15 is 0 Å². The lowest BCUT2D eigenvalue weighted by atomic mass is 10.0. The number of rotatable bonds is 7. The average molecular weight is 306 g/mol. The Morgan fingerprint density at radius 2 is 1.73 bits per heavy atom. The van der Waals surface area contributed by atoms with E-state index in [9.17, 15) is 9.59 Å². The summed E-state index contributed by atoms with van der Waals surface area (Å²) in [6.07, 6.45) is 0.810. The van der Waals surface area contributed by atoms with Crippen LogP contribution in [0.2, 0.25) is 0 Å². The lowest BCUT2D eigenvalue weighted by molar-refractivity contribution is -0.120. The number of hydrogen-bond donors (Lipinski definition) is 2. The van der Waals surface area contributed by atoms with Gasteiger partial charge in [-0.2, -0.15) is 0 Å². The maximum absolute atomic E-state index is 12.0. The van der Waals surface area contributed by atoms with E-state index in [0.717, 1.165) is 18.5 Å². The molecule has 6 nitrogen and oxygen atoms in total. The highest BCUT2D eigenvalue weighted by molar-refractivity contribution is 5.84. The number of carbonyl (C=O) groups excluding carboxylic acids is 2. The van der Waals surface area contributed by atoms with E-state index in [-0.39, 0.29) is 24.5 Å². The Balaban J connectivity index is 2.60. The monoisotopic (exact) mass is 306 g/mol. The Morgan fingerprint density at radius 3 is 2.27 bits per heavy atom. The molecule has 1 atom stereocenters. The van der Waals surface area contributed by atoms with Crippen molar-refractivity contribution in [2.45, 2.75) is 12.5 Å². The lowest BCUT2D eigenvalue weighted by Crippen LogP contribution is -2.42. The van der Waals surface area contributed by atoms with Gasteiger partial charge in [-0.05, 0) is 32.6 Å². The molecule has 0 aromatic heterocycles.